The molecule has 1 aliphatic rings. The van der Waals surface area contributed by atoms with Gasteiger partial charge in [-0.2, -0.15) is 5.26 Å². The van der Waals surface area contributed by atoms with E-state index >= 15 is 0 Å². The molecular formula is C15H21N3. The van der Waals surface area contributed by atoms with Crippen LogP contribution in [0.5, 0.6) is 0 Å². The molecule has 1 saturated carbocycles. The van der Waals surface area contributed by atoms with Gasteiger partial charge in [0.25, 0.3) is 0 Å². The highest BCUT2D eigenvalue weighted by molar-refractivity contribution is 5.68. The number of benzene rings is 1. The first-order chi connectivity index (χ1) is 8.53. The highest BCUT2D eigenvalue weighted by Gasteiger charge is 2.32. The predicted molar refractivity (Wildman–Crippen MR) is 75.2 cm³/mol. The molecule has 0 aliphatic heterocycles. The van der Waals surface area contributed by atoms with Crippen molar-refractivity contribution in [2.45, 2.75) is 45.6 Å². The van der Waals surface area contributed by atoms with Gasteiger partial charge in [-0.3, -0.25) is 0 Å². The second-order valence-electron chi connectivity index (χ2n) is 5.85. The number of hydrogen-bond acceptors (Lipinski definition) is 3. The van der Waals surface area contributed by atoms with Crippen LogP contribution in [0.1, 0.15) is 45.1 Å². The molecule has 1 aromatic carbocycles. The lowest BCUT2D eigenvalue weighted by atomic mass is 9.73. The smallest absolute Gasteiger partial charge is 0.0992 e. The van der Waals surface area contributed by atoms with E-state index in [1.54, 1.807) is 6.07 Å². The van der Waals surface area contributed by atoms with Crippen LogP contribution in [-0.4, -0.2) is 6.04 Å². The number of hydrogen-bond donors (Lipinski definition) is 2. The fourth-order valence-electron chi connectivity index (χ4n) is 2.71. The van der Waals surface area contributed by atoms with E-state index in [-0.39, 0.29) is 0 Å². The summed E-state index contributed by atoms with van der Waals surface area (Å²) in [6.45, 7) is 4.62. The van der Waals surface area contributed by atoms with Crippen LogP contribution in [0.3, 0.4) is 0 Å². The van der Waals surface area contributed by atoms with E-state index in [4.69, 9.17) is 11.0 Å². The number of nitrogens with one attached hydrogen (secondary N) is 1. The Hall–Kier alpha value is -1.69. The first kappa shape index (κ1) is 12.8. The second kappa shape index (κ2) is 4.89. The molecule has 1 atom stereocenters. The van der Waals surface area contributed by atoms with E-state index in [1.807, 2.05) is 12.1 Å². The van der Waals surface area contributed by atoms with Crippen LogP contribution in [0, 0.1) is 16.7 Å². The first-order valence-corrected chi connectivity index (χ1v) is 6.59. The highest BCUT2D eigenvalue weighted by atomic mass is 15.0. The summed E-state index contributed by atoms with van der Waals surface area (Å²) < 4.78 is 0. The zero-order chi connectivity index (χ0) is 13.2. The average Bonchev–Trinajstić information content (AvgIpc) is 2.33. The lowest BCUT2D eigenvalue weighted by Gasteiger charge is -2.39. The van der Waals surface area contributed by atoms with Gasteiger partial charge >= 0.3 is 0 Å². The number of rotatable bonds is 2. The summed E-state index contributed by atoms with van der Waals surface area (Å²) in [6.07, 6.45) is 5.03. The number of nitrogen functional groups attached to an aromatic ring is 1. The molecular weight excluding hydrogens is 222 g/mol. The molecule has 1 aliphatic carbocycles. The van der Waals surface area contributed by atoms with Crippen molar-refractivity contribution in [3.63, 3.8) is 0 Å². The van der Waals surface area contributed by atoms with Gasteiger partial charge in [-0.25, -0.2) is 0 Å². The molecule has 1 fully saturated rings. The van der Waals surface area contributed by atoms with Gasteiger partial charge in [-0.15, -0.1) is 0 Å². The highest BCUT2D eigenvalue weighted by Crippen LogP contribution is 2.38. The van der Waals surface area contributed by atoms with Crippen LogP contribution in [0.15, 0.2) is 18.2 Å². The molecule has 0 amide bonds. The Morgan fingerprint density at radius 3 is 2.78 bits per heavy atom. The fourth-order valence-corrected chi connectivity index (χ4v) is 2.71. The lowest BCUT2D eigenvalue weighted by Crippen LogP contribution is -2.39. The maximum Gasteiger partial charge on any atom is 0.0992 e. The Balaban J connectivity index is 2.16. The van der Waals surface area contributed by atoms with Gasteiger partial charge in [-0.05, 0) is 36.5 Å². The number of anilines is 2. The van der Waals surface area contributed by atoms with Gasteiger partial charge in [0.2, 0.25) is 0 Å². The topological polar surface area (TPSA) is 61.8 Å². The molecule has 0 bridgehead atoms. The average molecular weight is 243 g/mol. The zero-order valence-corrected chi connectivity index (χ0v) is 11.2. The number of nitrogens with zero attached hydrogens (tertiary/aromatic N) is 1. The Bertz CT molecular complexity index is 471. The molecule has 1 unspecified atom stereocenters. The van der Waals surface area contributed by atoms with Crippen molar-refractivity contribution < 1.29 is 0 Å². The van der Waals surface area contributed by atoms with Crippen molar-refractivity contribution in [2.24, 2.45) is 5.41 Å². The van der Waals surface area contributed by atoms with Gasteiger partial charge in [0.1, 0.15) is 0 Å². The van der Waals surface area contributed by atoms with E-state index in [0.29, 0.717) is 22.7 Å². The molecule has 3 heteroatoms. The molecule has 0 heterocycles. The van der Waals surface area contributed by atoms with E-state index in [1.165, 1.54) is 25.7 Å². The molecule has 96 valence electrons. The monoisotopic (exact) mass is 243 g/mol. The van der Waals surface area contributed by atoms with E-state index in [0.717, 1.165) is 5.69 Å². The minimum absolute atomic E-state index is 0.304. The molecule has 1 aromatic rings. The minimum Gasteiger partial charge on any atom is -0.397 e. The van der Waals surface area contributed by atoms with Crippen molar-refractivity contribution in [2.75, 3.05) is 11.1 Å². The summed E-state index contributed by atoms with van der Waals surface area (Å²) >= 11 is 0. The molecule has 0 saturated heterocycles. The maximum absolute atomic E-state index is 8.83. The third-order valence-corrected chi connectivity index (χ3v) is 4.02. The molecule has 0 spiro atoms. The summed E-state index contributed by atoms with van der Waals surface area (Å²) in [5.74, 6) is 0. The predicted octanol–water partition coefficient (Wildman–Crippen LogP) is 3.52. The van der Waals surface area contributed by atoms with Crippen LogP contribution in [-0.2, 0) is 0 Å². The lowest BCUT2D eigenvalue weighted by molar-refractivity contribution is 0.217. The molecule has 0 aromatic heterocycles. The van der Waals surface area contributed by atoms with E-state index in [2.05, 4.69) is 25.2 Å². The SMILES string of the molecule is CC1(C)CCCCC1Nc1ccc(C#N)cc1N. The number of nitriles is 1. The van der Waals surface area contributed by atoms with Crippen molar-refractivity contribution in [3.8, 4) is 6.07 Å². The minimum atomic E-state index is 0.304. The molecule has 18 heavy (non-hydrogen) atoms. The van der Waals surface area contributed by atoms with E-state index < -0.39 is 0 Å². The van der Waals surface area contributed by atoms with Crippen molar-refractivity contribution in [1.82, 2.24) is 0 Å². The van der Waals surface area contributed by atoms with E-state index in [9.17, 15) is 0 Å². The first-order valence-electron chi connectivity index (χ1n) is 6.59. The summed E-state index contributed by atoms with van der Waals surface area (Å²) in [7, 11) is 0. The third-order valence-electron chi connectivity index (χ3n) is 4.02. The van der Waals surface area contributed by atoms with Crippen LogP contribution < -0.4 is 11.1 Å². The quantitative estimate of drug-likeness (QED) is 0.781. The van der Waals surface area contributed by atoms with Gasteiger partial charge in [-0.1, -0.05) is 26.7 Å². The molecule has 2 rings (SSSR count). The summed E-state index contributed by atoms with van der Waals surface area (Å²) in [4.78, 5) is 0. The summed E-state index contributed by atoms with van der Waals surface area (Å²) in [6, 6.07) is 8.03. The fraction of sp³-hybridized carbons (Fsp3) is 0.533. The standard InChI is InChI=1S/C15H21N3/c1-15(2)8-4-3-5-14(15)18-13-7-6-11(10-16)9-12(13)17/h6-7,9,14,18H,3-5,8,17H2,1-2H3. The van der Waals surface area contributed by atoms with Crippen molar-refractivity contribution in [1.29, 1.82) is 5.26 Å². The summed E-state index contributed by atoms with van der Waals surface area (Å²) in [5.41, 5.74) is 8.52. The Kier molecular flexibility index (Phi) is 3.47. The number of nitrogens with two attached hydrogens (primary N) is 1. The van der Waals surface area contributed by atoms with Crippen LogP contribution >= 0.6 is 0 Å². The Morgan fingerprint density at radius 1 is 1.39 bits per heavy atom. The third kappa shape index (κ3) is 2.59. The zero-order valence-electron chi connectivity index (χ0n) is 11.2. The van der Waals surface area contributed by atoms with Crippen LogP contribution in [0.25, 0.3) is 0 Å². The second-order valence-corrected chi connectivity index (χ2v) is 5.85. The molecule has 3 N–H and O–H groups in total. The van der Waals surface area contributed by atoms with Gasteiger partial charge in [0.05, 0.1) is 23.0 Å². The van der Waals surface area contributed by atoms with Crippen LogP contribution in [0.4, 0.5) is 11.4 Å². The van der Waals surface area contributed by atoms with Gasteiger partial charge < -0.3 is 11.1 Å². The van der Waals surface area contributed by atoms with Crippen LogP contribution in [0.2, 0.25) is 0 Å². The van der Waals surface area contributed by atoms with Gasteiger partial charge in [0, 0.05) is 6.04 Å². The van der Waals surface area contributed by atoms with Crippen molar-refractivity contribution >= 4 is 11.4 Å². The normalized spacial score (nSPS) is 22.2. The largest absolute Gasteiger partial charge is 0.397 e. The Labute approximate surface area is 109 Å². The van der Waals surface area contributed by atoms with Crippen molar-refractivity contribution in [3.05, 3.63) is 23.8 Å². The maximum atomic E-state index is 8.83. The summed E-state index contributed by atoms with van der Waals surface area (Å²) in [5, 5.41) is 12.4. The van der Waals surface area contributed by atoms with Gasteiger partial charge in [0.15, 0.2) is 0 Å². The molecule has 3 nitrogen and oxygen atoms in total. The Morgan fingerprint density at radius 2 is 2.17 bits per heavy atom. The molecule has 0 radical (unpaired) electrons.